The van der Waals surface area contributed by atoms with Crippen LogP contribution >= 0.6 is 27.7 Å². The monoisotopic (exact) mass is 348 g/mol. The Kier molecular flexibility index (Phi) is 4.20. The van der Waals surface area contributed by atoms with Crippen LogP contribution in [0.4, 0.5) is 0 Å². The van der Waals surface area contributed by atoms with Crippen LogP contribution < -0.4 is 0 Å². The molecule has 1 nitrogen and oxygen atoms in total. The third kappa shape index (κ3) is 2.95. The molecule has 0 bridgehead atoms. The molecule has 104 valence electrons. The zero-order valence-electron chi connectivity index (χ0n) is 11.4. The molecule has 1 unspecified atom stereocenters. The van der Waals surface area contributed by atoms with E-state index in [2.05, 4.69) is 46.3 Å². The molecule has 0 spiro atoms. The van der Waals surface area contributed by atoms with Crippen LogP contribution in [0.2, 0.25) is 0 Å². The van der Waals surface area contributed by atoms with Crippen LogP contribution in [0.1, 0.15) is 36.1 Å². The van der Waals surface area contributed by atoms with Gasteiger partial charge in [0.1, 0.15) is 0 Å². The van der Waals surface area contributed by atoms with E-state index in [1.165, 1.54) is 40.2 Å². The van der Waals surface area contributed by atoms with Gasteiger partial charge in [0.15, 0.2) is 0 Å². The lowest BCUT2D eigenvalue weighted by Crippen LogP contribution is -1.92. The maximum absolute atomic E-state index is 9.65. The van der Waals surface area contributed by atoms with Gasteiger partial charge in [-0.25, -0.2) is 0 Å². The third-order valence-corrected chi connectivity index (χ3v) is 5.39. The first-order valence-corrected chi connectivity index (χ1v) is 8.51. The summed E-state index contributed by atoms with van der Waals surface area (Å²) in [5.74, 6) is 0. The van der Waals surface area contributed by atoms with Crippen molar-refractivity contribution in [3.63, 3.8) is 0 Å². The van der Waals surface area contributed by atoms with Crippen molar-refractivity contribution in [2.24, 2.45) is 0 Å². The molecule has 0 aliphatic heterocycles. The number of aryl methyl sites for hydroxylation is 2. The molecule has 0 heterocycles. The first-order valence-electron chi connectivity index (χ1n) is 6.90. The highest BCUT2D eigenvalue weighted by atomic mass is 79.9. The van der Waals surface area contributed by atoms with E-state index >= 15 is 0 Å². The molecule has 0 saturated heterocycles. The predicted octanol–water partition coefficient (Wildman–Crippen LogP) is 5.14. The number of aliphatic hydroxyl groups excluding tert-OH is 1. The van der Waals surface area contributed by atoms with E-state index in [4.69, 9.17) is 0 Å². The summed E-state index contributed by atoms with van der Waals surface area (Å²) < 4.78 is 0.971. The molecule has 0 saturated carbocycles. The number of hydrogen-bond donors (Lipinski definition) is 1. The second kappa shape index (κ2) is 5.92. The predicted molar refractivity (Wildman–Crippen MR) is 87.4 cm³/mol. The van der Waals surface area contributed by atoms with E-state index in [0.29, 0.717) is 0 Å². The molecule has 2 aromatic carbocycles. The van der Waals surface area contributed by atoms with Crippen LogP contribution in [0.5, 0.6) is 0 Å². The van der Waals surface area contributed by atoms with Gasteiger partial charge in [-0.1, -0.05) is 39.8 Å². The first-order chi connectivity index (χ1) is 9.63. The normalized spacial score (nSPS) is 15.2. The molecule has 3 heteroatoms. The molecule has 0 aromatic heterocycles. The summed E-state index contributed by atoms with van der Waals surface area (Å²) >= 11 is 5.31. The third-order valence-electron chi connectivity index (χ3n) is 3.73. The number of benzene rings is 2. The molecule has 0 fully saturated rings. The van der Waals surface area contributed by atoms with Gasteiger partial charge in [0.05, 0.1) is 6.10 Å². The van der Waals surface area contributed by atoms with Crippen molar-refractivity contribution in [2.45, 2.75) is 42.1 Å². The van der Waals surface area contributed by atoms with E-state index in [1.54, 1.807) is 18.7 Å². The van der Waals surface area contributed by atoms with Crippen molar-refractivity contribution >= 4 is 27.7 Å². The van der Waals surface area contributed by atoms with Gasteiger partial charge in [-0.3, -0.25) is 0 Å². The molecule has 3 rings (SSSR count). The lowest BCUT2D eigenvalue weighted by molar-refractivity contribution is 0.198. The Bertz CT molecular complexity index is 637. The molecular weight excluding hydrogens is 332 g/mol. The van der Waals surface area contributed by atoms with Crippen LogP contribution in [-0.4, -0.2) is 5.11 Å². The number of halogens is 1. The van der Waals surface area contributed by atoms with Crippen LogP contribution in [0.25, 0.3) is 0 Å². The maximum atomic E-state index is 9.65. The van der Waals surface area contributed by atoms with E-state index in [1.807, 2.05) is 6.07 Å². The second-order valence-corrected chi connectivity index (χ2v) is 7.25. The van der Waals surface area contributed by atoms with Crippen LogP contribution in [0.3, 0.4) is 0 Å². The van der Waals surface area contributed by atoms with E-state index < -0.39 is 6.10 Å². The van der Waals surface area contributed by atoms with Gasteiger partial charge < -0.3 is 5.11 Å². The van der Waals surface area contributed by atoms with Crippen molar-refractivity contribution in [3.8, 4) is 0 Å². The summed E-state index contributed by atoms with van der Waals surface area (Å²) in [6.07, 6.45) is 3.30. The quantitative estimate of drug-likeness (QED) is 0.828. The molecule has 2 aromatic rings. The SMILES string of the molecule is CC(O)c1ccc(Sc2ccc3c(c2)CCC3)cc1Br. The summed E-state index contributed by atoms with van der Waals surface area (Å²) in [5, 5.41) is 9.65. The van der Waals surface area contributed by atoms with Gasteiger partial charge in [-0.2, -0.15) is 0 Å². The van der Waals surface area contributed by atoms with Gasteiger partial charge in [0.25, 0.3) is 0 Å². The average Bonchev–Trinajstić information content (AvgIpc) is 2.85. The highest BCUT2D eigenvalue weighted by Crippen LogP contribution is 2.35. The molecule has 0 amide bonds. The van der Waals surface area contributed by atoms with Gasteiger partial charge in [0, 0.05) is 14.3 Å². The summed E-state index contributed by atoms with van der Waals surface area (Å²) in [4.78, 5) is 2.49. The summed E-state index contributed by atoms with van der Waals surface area (Å²) in [6, 6.07) is 13.0. The average molecular weight is 349 g/mol. The summed E-state index contributed by atoms with van der Waals surface area (Å²) in [6.45, 7) is 1.79. The second-order valence-electron chi connectivity index (χ2n) is 5.25. The molecular formula is C17H17BrOS. The molecule has 20 heavy (non-hydrogen) atoms. The topological polar surface area (TPSA) is 20.2 Å². The molecule has 1 N–H and O–H groups in total. The lowest BCUT2D eigenvalue weighted by atomic mass is 10.1. The molecule has 1 aliphatic carbocycles. The number of rotatable bonds is 3. The lowest BCUT2D eigenvalue weighted by Gasteiger charge is -2.10. The number of aliphatic hydroxyl groups is 1. The molecule has 0 radical (unpaired) electrons. The standard InChI is InChI=1S/C17H17BrOS/c1-11(19)16-8-7-15(10-17(16)18)20-14-6-5-12-3-2-4-13(12)9-14/h5-11,19H,2-4H2,1H3. The minimum atomic E-state index is -0.441. The highest BCUT2D eigenvalue weighted by Gasteiger charge is 2.12. The maximum Gasteiger partial charge on any atom is 0.0772 e. The minimum absolute atomic E-state index is 0.441. The zero-order chi connectivity index (χ0) is 14.1. The van der Waals surface area contributed by atoms with E-state index in [0.717, 1.165) is 10.0 Å². The van der Waals surface area contributed by atoms with Gasteiger partial charge in [0.2, 0.25) is 0 Å². The van der Waals surface area contributed by atoms with Crippen molar-refractivity contribution in [2.75, 3.05) is 0 Å². The van der Waals surface area contributed by atoms with E-state index in [9.17, 15) is 5.11 Å². The van der Waals surface area contributed by atoms with Crippen LogP contribution in [0, 0.1) is 0 Å². The van der Waals surface area contributed by atoms with Crippen molar-refractivity contribution in [1.29, 1.82) is 0 Å². The fourth-order valence-corrected chi connectivity index (χ4v) is 4.44. The minimum Gasteiger partial charge on any atom is -0.389 e. The fourth-order valence-electron chi connectivity index (χ4n) is 2.66. The van der Waals surface area contributed by atoms with Gasteiger partial charge >= 0.3 is 0 Å². The largest absolute Gasteiger partial charge is 0.389 e. The van der Waals surface area contributed by atoms with Gasteiger partial charge in [-0.05, 0) is 67.1 Å². The molecule has 1 atom stereocenters. The van der Waals surface area contributed by atoms with Crippen LogP contribution in [-0.2, 0) is 12.8 Å². The Morgan fingerprint density at radius 3 is 2.50 bits per heavy atom. The Morgan fingerprint density at radius 2 is 1.75 bits per heavy atom. The first kappa shape index (κ1) is 14.2. The Labute approximate surface area is 132 Å². The summed E-state index contributed by atoms with van der Waals surface area (Å²) in [5.41, 5.74) is 3.96. The summed E-state index contributed by atoms with van der Waals surface area (Å²) in [7, 11) is 0. The Balaban J connectivity index is 1.83. The van der Waals surface area contributed by atoms with Crippen LogP contribution in [0.15, 0.2) is 50.7 Å². The number of fused-ring (bicyclic) bond motifs is 1. The fraction of sp³-hybridized carbons (Fsp3) is 0.294. The smallest absolute Gasteiger partial charge is 0.0772 e. The molecule has 1 aliphatic rings. The van der Waals surface area contributed by atoms with E-state index in [-0.39, 0.29) is 0 Å². The zero-order valence-corrected chi connectivity index (χ0v) is 13.8. The Hall–Kier alpha value is -0.770. The van der Waals surface area contributed by atoms with Crippen molar-refractivity contribution in [3.05, 3.63) is 57.6 Å². The van der Waals surface area contributed by atoms with Crippen molar-refractivity contribution in [1.82, 2.24) is 0 Å². The van der Waals surface area contributed by atoms with Gasteiger partial charge in [-0.15, -0.1) is 0 Å². The van der Waals surface area contributed by atoms with Crippen molar-refractivity contribution < 1.29 is 5.11 Å². The Morgan fingerprint density at radius 1 is 1.05 bits per heavy atom. The number of hydrogen-bond acceptors (Lipinski definition) is 2. The highest BCUT2D eigenvalue weighted by molar-refractivity contribution is 9.10.